The summed E-state index contributed by atoms with van der Waals surface area (Å²) in [5.41, 5.74) is 6.74. The molecule has 4 heteroatoms. The minimum absolute atomic E-state index is 0.203. The van der Waals surface area contributed by atoms with Crippen LogP contribution in [0.5, 0.6) is 5.75 Å². The van der Waals surface area contributed by atoms with Gasteiger partial charge in [0, 0.05) is 11.6 Å². The molecule has 2 rings (SSSR count). The van der Waals surface area contributed by atoms with E-state index < -0.39 is 6.61 Å². The molecule has 1 aromatic rings. The molecule has 0 aromatic heterocycles. The number of halogens is 2. The zero-order valence-corrected chi connectivity index (χ0v) is 9.61. The van der Waals surface area contributed by atoms with E-state index in [9.17, 15) is 8.78 Å². The first kappa shape index (κ1) is 12.3. The number of alkyl halides is 2. The standard InChI is InChI=1S/C13H17F2NO/c14-13(15)17-12-7-2-1-6-10(12)11(16)8-9-4-3-5-9/h1-2,6-7,9,11,13H,3-5,8,16H2. The molecule has 17 heavy (non-hydrogen) atoms. The Morgan fingerprint density at radius 3 is 2.59 bits per heavy atom. The maximum atomic E-state index is 12.2. The average molecular weight is 241 g/mol. The van der Waals surface area contributed by atoms with Crippen molar-refractivity contribution in [1.82, 2.24) is 0 Å². The Balaban J connectivity index is 2.06. The zero-order valence-electron chi connectivity index (χ0n) is 9.61. The zero-order chi connectivity index (χ0) is 12.3. The fourth-order valence-corrected chi connectivity index (χ4v) is 2.20. The van der Waals surface area contributed by atoms with E-state index in [4.69, 9.17) is 5.73 Å². The highest BCUT2D eigenvalue weighted by atomic mass is 19.3. The van der Waals surface area contributed by atoms with Gasteiger partial charge in [-0.3, -0.25) is 0 Å². The van der Waals surface area contributed by atoms with Crippen LogP contribution in [-0.2, 0) is 0 Å². The molecule has 1 aromatic carbocycles. The molecule has 0 bridgehead atoms. The Morgan fingerprint density at radius 2 is 2.00 bits per heavy atom. The van der Waals surface area contributed by atoms with Gasteiger partial charge in [-0.15, -0.1) is 0 Å². The normalized spacial score (nSPS) is 17.9. The molecule has 0 spiro atoms. The summed E-state index contributed by atoms with van der Waals surface area (Å²) in [5.74, 6) is 0.846. The van der Waals surface area contributed by atoms with Gasteiger partial charge in [0.2, 0.25) is 0 Å². The van der Waals surface area contributed by atoms with Crippen molar-refractivity contribution >= 4 is 0 Å². The summed E-state index contributed by atoms with van der Waals surface area (Å²) in [6.07, 6.45) is 4.51. The smallest absolute Gasteiger partial charge is 0.387 e. The SMILES string of the molecule is NC(CC1CCC1)c1ccccc1OC(F)F. The molecule has 1 aliphatic carbocycles. The quantitative estimate of drug-likeness (QED) is 0.856. The summed E-state index contributed by atoms with van der Waals surface area (Å²) in [7, 11) is 0. The van der Waals surface area contributed by atoms with Crippen molar-refractivity contribution in [2.24, 2.45) is 11.7 Å². The summed E-state index contributed by atoms with van der Waals surface area (Å²) >= 11 is 0. The number of ether oxygens (including phenoxy) is 1. The van der Waals surface area contributed by atoms with Gasteiger partial charge in [0.05, 0.1) is 0 Å². The van der Waals surface area contributed by atoms with Crippen LogP contribution in [0.1, 0.15) is 37.3 Å². The minimum atomic E-state index is -2.80. The van der Waals surface area contributed by atoms with Crippen molar-refractivity contribution in [3.05, 3.63) is 29.8 Å². The second-order valence-electron chi connectivity index (χ2n) is 4.56. The van der Waals surface area contributed by atoms with Crippen LogP contribution in [-0.4, -0.2) is 6.61 Å². The molecule has 1 fully saturated rings. The van der Waals surface area contributed by atoms with Crippen molar-refractivity contribution in [3.63, 3.8) is 0 Å². The highest BCUT2D eigenvalue weighted by Gasteiger charge is 2.23. The molecule has 2 N–H and O–H groups in total. The largest absolute Gasteiger partial charge is 0.434 e. The monoisotopic (exact) mass is 241 g/mol. The molecular formula is C13H17F2NO. The van der Waals surface area contributed by atoms with Gasteiger partial charge in [0.25, 0.3) is 0 Å². The Bertz CT molecular complexity index is 366. The molecule has 1 atom stereocenters. The second-order valence-corrected chi connectivity index (χ2v) is 4.56. The van der Waals surface area contributed by atoms with Crippen molar-refractivity contribution in [1.29, 1.82) is 0 Å². The van der Waals surface area contributed by atoms with Crippen LogP contribution >= 0.6 is 0 Å². The van der Waals surface area contributed by atoms with Crippen LogP contribution in [0.3, 0.4) is 0 Å². The van der Waals surface area contributed by atoms with Gasteiger partial charge < -0.3 is 10.5 Å². The van der Waals surface area contributed by atoms with Gasteiger partial charge in [-0.25, -0.2) is 0 Å². The van der Waals surface area contributed by atoms with Gasteiger partial charge in [-0.2, -0.15) is 8.78 Å². The van der Waals surface area contributed by atoms with E-state index in [1.807, 2.05) is 0 Å². The van der Waals surface area contributed by atoms with E-state index >= 15 is 0 Å². The summed E-state index contributed by atoms with van der Waals surface area (Å²) in [5, 5.41) is 0. The van der Waals surface area contributed by atoms with Gasteiger partial charge in [0.15, 0.2) is 0 Å². The van der Waals surface area contributed by atoms with E-state index in [2.05, 4.69) is 4.74 Å². The molecule has 2 nitrogen and oxygen atoms in total. The van der Waals surface area contributed by atoms with Crippen LogP contribution in [0.2, 0.25) is 0 Å². The number of benzene rings is 1. The minimum Gasteiger partial charge on any atom is -0.434 e. The Kier molecular flexibility index (Phi) is 3.94. The predicted octanol–water partition coefficient (Wildman–Crippen LogP) is 3.48. The molecule has 0 heterocycles. The predicted molar refractivity (Wildman–Crippen MR) is 62.0 cm³/mol. The topological polar surface area (TPSA) is 35.2 Å². The summed E-state index contributed by atoms with van der Waals surface area (Å²) in [6.45, 7) is -2.80. The summed E-state index contributed by atoms with van der Waals surface area (Å²) in [6, 6.07) is 6.57. The van der Waals surface area contributed by atoms with Crippen LogP contribution in [0, 0.1) is 5.92 Å². The average Bonchev–Trinajstić information content (AvgIpc) is 2.23. The molecule has 0 amide bonds. The van der Waals surface area contributed by atoms with E-state index in [-0.39, 0.29) is 11.8 Å². The number of nitrogens with two attached hydrogens (primary N) is 1. The molecule has 1 aliphatic rings. The lowest BCUT2D eigenvalue weighted by Gasteiger charge is -2.28. The van der Waals surface area contributed by atoms with Gasteiger partial charge in [-0.1, -0.05) is 37.5 Å². The van der Waals surface area contributed by atoms with Gasteiger partial charge in [-0.05, 0) is 18.4 Å². The Morgan fingerprint density at radius 1 is 1.29 bits per heavy atom. The van der Waals surface area contributed by atoms with Crippen LogP contribution in [0.15, 0.2) is 24.3 Å². The lowest BCUT2D eigenvalue weighted by molar-refractivity contribution is -0.0506. The second kappa shape index (κ2) is 5.45. The Labute approximate surface area is 99.8 Å². The lowest BCUT2D eigenvalue weighted by Crippen LogP contribution is -2.21. The van der Waals surface area contributed by atoms with E-state index in [1.54, 1.807) is 24.3 Å². The van der Waals surface area contributed by atoms with Gasteiger partial charge in [0.1, 0.15) is 5.75 Å². The highest BCUT2D eigenvalue weighted by Crippen LogP contribution is 2.36. The molecule has 94 valence electrons. The van der Waals surface area contributed by atoms with E-state index in [0.717, 1.165) is 6.42 Å². The maximum Gasteiger partial charge on any atom is 0.387 e. The van der Waals surface area contributed by atoms with Crippen molar-refractivity contribution in [2.45, 2.75) is 38.3 Å². The molecule has 0 saturated heterocycles. The molecule has 1 unspecified atom stereocenters. The van der Waals surface area contributed by atoms with Gasteiger partial charge >= 0.3 is 6.61 Å². The molecule has 0 radical (unpaired) electrons. The van der Waals surface area contributed by atoms with Crippen molar-refractivity contribution in [2.75, 3.05) is 0 Å². The number of hydrogen-bond acceptors (Lipinski definition) is 2. The molecular weight excluding hydrogens is 224 g/mol. The number of para-hydroxylation sites is 1. The first-order valence-electron chi connectivity index (χ1n) is 5.96. The highest BCUT2D eigenvalue weighted by molar-refractivity contribution is 5.35. The summed E-state index contributed by atoms with van der Waals surface area (Å²) < 4.78 is 29.0. The van der Waals surface area contributed by atoms with E-state index in [1.165, 1.54) is 19.3 Å². The first-order valence-corrected chi connectivity index (χ1v) is 5.96. The third-order valence-corrected chi connectivity index (χ3v) is 3.35. The van der Waals surface area contributed by atoms with Crippen LogP contribution < -0.4 is 10.5 Å². The number of rotatable bonds is 5. The van der Waals surface area contributed by atoms with E-state index in [0.29, 0.717) is 11.5 Å². The number of hydrogen-bond donors (Lipinski definition) is 1. The third kappa shape index (κ3) is 3.16. The molecule has 0 aliphatic heterocycles. The fourth-order valence-electron chi connectivity index (χ4n) is 2.20. The Hall–Kier alpha value is -1.16. The molecule has 1 saturated carbocycles. The fraction of sp³-hybridized carbons (Fsp3) is 0.538. The van der Waals surface area contributed by atoms with Crippen LogP contribution in [0.4, 0.5) is 8.78 Å². The van der Waals surface area contributed by atoms with Crippen molar-refractivity contribution < 1.29 is 13.5 Å². The van der Waals surface area contributed by atoms with Crippen molar-refractivity contribution in [3.8, 4) is 5.75 Å². The third-order valence-electron chi connectivity index (χ3n) is 3.35. The lowest BCUT2D eigenvalue weighted by atomic mass is 9.80. The maximum absolute atomic E-state index is 12.2. The van der Waals surface area contributed by atoms with Crippen LogP contribution in [0.25, 0.3) is 0 Å². The summed E-state index contributed by atoms with van der Waals surface area (Å²) in [4.78, 5) is 0. The first-order chi connectivity index (χ1) is 8.16.